The quantitative estimate of drug-likeness (QED) is 0.448. The summed E-state index contributed by atoms with van der Waals surface area (Å²) < 4.78 is 0. The molecule has 0 aromatic heterocycles. The molecule has 1 rings (SSSR count). The third kappa shape index (κ3) is 5.53. The summed E-state index contributed by atoms with van der Waals surface area (Å²) >= 11 is 0. The molecule has 0 aliphatic carbocycles. The van der Waals surface area contributed by atoms with Crippen LogP contribution in [-0.2, 0) is 28.8 Å². The van der Waals surface area contributed by atoms with Gasteiger partial charge in [-0.1, -0.05) is 19.8 Å². The van der Waals surface area contributed by atoms with E-state index in [4.69, 9.17) is 5.73 Å². The largest absolute Gasteiger partial charge is 0.370 e. The first-order chi connectivity index (χ1) is 10.9. The number of amides is 4. The molecule has 1 atom stereocenters. The highest BCUT2D eigenvalue weighted by molar-refractivity contribution is 6.14. The van der Waals surface area contributed by atoms with Crippen LogP contribution in [0.1, 0.15) is 39.0 Å². The fourth-order valence-corrected chi connectivity index (χ4v) is 1.93. The van der Waals surface area contributed by atoms with Gasteiger partial charge in [-0.15, -0.1) is 0 Å². The Balaban J connectivity index is 2.62. The zero-order valence-corrected chi connectivity index (χ0v) is 12.7. The van der Waals surface area contributed by atoms with Gasteiger partial charge in [-0.25, -0.2) is 4.79 Å². The molecule has 9 nitrogen and oxygen atoms in total. The van der Waals surface area contributed by atoms with Crippen LogP contribution in [0.3, 0.4) is 0 Å². The van der Waals surface area contributed by atoms with Crippen molar-refractivity contribution in [1.82, 2.24) is 10.4 Å². The van der Waals surface area contributed by atoms with E-state index in [2.05, 4.69) is 4.84 Å². The van der Waals surface area contributed by atoms with Crippen molar-refractivity contribution in [3.8, 4) is 0 Å². The zero-order chi connectivity index (χ0) is 17.4. The standard InChI is InChI=1S/C14H19N3O6/c1-2-3-4-9(17-12(20)7-8-13(17)21)14(22)23-16-11(19)6-5-10(15)18/h7-9H,2-6H2,1H3,(H2,15,18)(H,16,19). The van der Waals surface area contributed by atoms with E-state index in [1.165, 1.54) is 0 Å². The van der Waals surface area contributed by atoms with Crippen LogP contribution in [0.15, 0.2) is 12.2 Å². The van der Waals surface area contributed by atoms with Crippen molar-refractivity contribution in [1.29, 1.82) is 0 Å². The van der Waals surface area contributed by atoms with E-state index in [1.807, 2.05) is 12.4 Å². The third-order valence-corrected chi connectivity index (χ3v) is 3.12. The first kappa shape index (κ1) is 18.3. The van der Waals surface area contributed by atoms with E-state index in [-0.39, 0.29) is 19.3 Å². The molecule has 0 radical (unpaired) electrons. The van der Waals surface area contributed by atoms with E-state index >= 15 is 0 Å². The van der Waals surface area contributed by atoms with Gasteiger partial charge in [-0.3, -0.25) is 24.1 Å². The first-order valence-corrected chi connectivity index (χ1v) is 7.19. The van der Waals surface area contributed by atoms with E-state index in [9.17, 15) is 24.0 Å². The van der Waals surface area contributed by atoms with Crippen LogP contribution in [0.25, 0.3) is 0 Å². The number of nitrogens with one attached hydrogen (secondary N) is 1. The second-order valence-electron chi connectivity index (χ2n) is 4.95. The minimum Gasteiger partial charge on any atom is -0.370 e. The lowest BCUT2D eigenvalue weighted by Crippen LogP contribution is -2.47. The van der Waals surface area contributed by atoms with Gasteiger partial charge >= 0.3 is 5.97 Å². The average Bonchev–Trinajstić information content (AvgIpc) is 2.83. The van der Waals surface area contributed by atoms with Gasteiger partial charge in [-0.2, -0.15) is 5.48 Å². The molecule has 23 heavy (non-hydrogen) atoms. The van der Waals surface area contributed by atoms with Crippen LogP contribution >= 0.6 is 0 Å². The molecule has 9 heteroatoms. The van der Waals surface area contributed by atoms with Gasteiger partial charge in [0.25, 0.3) is 17.7 Å². The average molecular weight is 325 g/mol. The molecule has 0 fully saturated rings. The first-order valence-electron chi connectivity index (χ1n) is 7.19. The second kappa shape index (κ2) is 8.66. The molecular formula is C14H19N3O6. The SMILES string of the molecule is CCCCC(C(=O)ONC(=O)CCC(N)=O)N1C(=O)C=CC1=O. The van der Waals surface area contributed by atoms with Crippen molar-refractivity contribution >= 4 is 29.6 Å². The number of hydroxylamine groups is 1. The van der Waals surface area contributed by atoms with Gasteiger partial charge in [-0.05, 0) is 6.42 Å². The highest BCUT2D eigenvalue weighted by atomic mass is 16.7. The molecule has 0 aromatic rings. The van der Waals surface area contributed by atoms with Crippen LogP contribution in [0, 0.1) is 0 Å². The van der Waals surface area contributed by atoms with Crippen molar-refractivity contribution in [3.05, 3.63) is 12.2 Å². The summed E-state index contributed by atoms with van der Waals surface area (Å²) in [5.41, 5.74) is 6.78. The Morgan fingerprint density at radius 3 is 2.35 bits per heavy atom. The molecule has 126 valence electrons. The number of carbonyl (C=O) groups excluding carboxylic acids is 5. The fourth-order valence-electron chi connectivity index (χ4n) is 1.93. The molecule has 0 spiro atoms. The molecule has 3 N–H and O–H groups in total. The smallest absolute Gasteiger partial charge is 0.354 e. The maximum Gasteiger partial charge on any atom is 0.354 e. The van der Waals surface area contributed by atoms with Crippen molar-refractivity contribution in [3.63, 3.8) is 0 Å². The molecule has 1 aliphatic rings. The predicted octanol–water partition coefficient (Wildman–Crippen LogP) is -0.690. The summed E-state index contributed by atoms with van der Waals surface area (Å²) in [5.74, 6) is -3.49. The normalized spacial score (nSPS) is 14.7. The number of hydrogen-bond donors (Lipinski definition) is 2. The summed E-state index contributed by atoms with van der Waals surface area (Å²) in [6.07, 6.45) is 3.29. The fraction of sp³-hybridized carbons (Fsp3) is 0.500. The van der Waals surface area contributed by atoms with Crippen LogP contribution in [0.2, 0.25) is 0 Å². The lowest BCUT2D eigenvalue weighted by Gasteiger charge is -2.24. The summed E-state index contributed by atoms with van der Waals surface area (Å²) in [6, 6.07) is -1.11. The highest BCUT2D eigenvalue weighted by Gasteiger charge is 2.36. The summed E-state index contributed by atoms with van der Waals surface area (Å²) in [5, 5.41) is 0. The number of rotatable bonds is 8. The van der Waals surface area contributed by atoms with Gasteiger partial charge in [0.1, 0.15) is 6.04 Å². The Morgan fingerprint density at radius 2 is 1.83 bits per heavy atom. The van der Waals surface area contributed by atoms with Crippen LogP contribution in [-0.4, -0.2) is 40.5 Å². The Hall–Kier alpha value is -2.71. The maximum absolute atomic E-state index is 12.1. The lowest BCUT2D eigenvalue weighted by atomic mass is 10.1. The van der Waals surface area contributed by atoms with E-state index < -0.39 is 35.6 Å². The van der Waals surface area contributed by atoms with Gasteiger partial charge < -0.3 is 10.6 Å². The predicted molar refractivity (Wildman–Crippen MR) is 77.0 cm³/mol. The Kier molecular flexibility index (Phi) is 6.91. The van der Waals surface area contributed by atoms with Crippen LogP contribution < -0.4 is 11.2 Å². The molecule has 0 saturated heterocycles. The molecule has 0 aromatic carbocycles. The number of nitrogens with zero attached hydrogens (tertiary/aromatic N) is 1. The number of unbranched alkanes of at least 4 members (excludes halogenated alkanes) is 1. The Labute approximate surface area is 132 Å². The summed E-state index contributed by atoms with van der Waals surface area (Å²) in [4.78, 5) is 62.8. The summed E-state index contributed by atoms with van der Waals surface area (Å²) in [7, 11) is 0. The third-order valence-electron chi connectivity index (χ3n) is 3.12. The number of carbonyl (C=O) groups is 5. The zero-order valence-electron chi connectivity index (χ0n) is 12.7. The van der Waals surface area contributed by atoms with Gasteiger partial charge in [0.05, 0.1) is 0 Å². The van der Waals surface area contributed by atoms with Crippen molar-refractivity contribution < 1.29 is 28.8 Å². The highest BCUT2D eigenvalue weighted by Crippen LogP contribution is 2.16. The van der Waals surface area contributed by atoms with Crippen molar-refractivity contribution in [2.75, 3.05) is 0 Å². The summed E-state index contributed by atoms with van der Waals surface area (Å²) in [6.45, 7) is 1.89. The monoisotopic (exact) mass is 325 g/mol. The van der Waals surface area contributed by atoms with E-state index in [1.54, 1.807) is 0 Å². The topological polar surface area (TPSA) is 136 Å². The molecule has 0 bridgehead atoms. The van der Waals surface area contributed by atoms with Gasteiger partial charge in [0.15, 0.2) is 0 Å². The van der Waals surface area contributed by atoms with Crippen LogP contribution in [0.5, 0.6) is 0 Å². The molecule has 1 unspecified atom stereocenters. The number of hydrogen-bond acceptors (Lipinski definition) is 6. The molecule has 1 aliphatic heterocycles. The van der Waals surface area contributed by atoms with E-state index in [0.717, 1.165) is 23.5 Å². The molecular weight excluding hydrogens is 306 g/mol. The van der Waals surface area contributed by atoms with Gasteiger partial charge in [0.2, 0.25) is 5.91 Å². The number of imide groups is 1. The molecule has 4 amide bonds. The molecule has 1 heterocycles. The van der Waals surface area contributed by atoms with Crippen molar-refractivity contribution in [2.45, 2.75) is 45.1 Å². The maximum atomic E-state index is 12.1. The van der Waals surface area contributed by atoms with Gasteiger partial charge in [0, 0.05) is 25.0 Å². The number of nitrogens with two attached hydrogens (primary N) is 1. The lowest BCUT2D eigenvalue weighted by molar-refractivity contribution is -0.167. The second-order valence-corrected chi connectivity index (χ2v) is 4.95. The minimum absolute atomic E-state index is 0.185. The minimum atomic E-state index is -1.11. The number of primary amides is 1. The van der Waals surface area contributed by atoms with E-state index in [0.29, 0.717) is 6.42 Å². The Morgan fingerprint density at radius 1 is 1.22 bits per heavy atom. The van der Waals surface area contributed by atoms with Crippen molar-refractivity contribution in [2.24, 2.45) is 5.73 Å². The molecule has 0 saturated carbocycles. The Bertz CT molecular complexity index is 525. The van der Waals surface area contributed by atoms with Crippen LogP contribution in [0.4, 0.5) is 0 Å².